The molecule has 1 unspecified atom stereocenters. The lowest BCUT2D eigenvalue weighted by atomic mass is 10.0. The van der Waals surface area contributed by atoms with Gasteiger partial charge in [0.25, 0.3) is 0 Å². The summed E-state index contributed by atoms with van der Waals surface area (Å²) < 4.78 is 1.73. The summed E-state index contributed by atoms with van der Waals surface area (Å²) in [5.74, 6) is 0. The molecule has 0 fully saturated rings. The Bertz CT molecular complexity index is 516. The molecule has 0 bridgehead atoms. The number of pyridine rings is 1. The number of nitrogens with zero attached hydrogens (tertiary/aromatic N) is 1. The Morgan fingerprint density at radius 3 is 2.56 bits per heavy atom. The van der Waals surface area contributed by atoms with Gasteiger partial charge in [0.05, 0.1) is 11.8 Å². The van der Waals surface area contributed by atoms with Gasteiger partial charge in [0.15, 0.2) is 0 Å². The summed E-state index contributed by atoms with van der Waals surface area (Å²) in [6.07, 6.45) is 2.66. The molecule has 1 heterocycles. The molecule has 0 aliphatic heterocycles. The highest BCUT2D eigenvalue weighted by Gasteiger charge is 2.13. The lowest BCUT2D eigenvalue weighted by molar-refractivity contribution is 0.162. The molecule has 0 radical (unpaired) electrons. The summed E-state index contributed by atoms with van der Waals surface area (Å²) in [6.45, 7) is 0. The maximum Gasteiger partial charge on any atom is 0.0974 e. The van der Waals surface area contributed by atoms with E-state index in [9.17, 15) is 5.11 Å². The Kier molecular flexibility index (Phi) is 4.92. The molecule has 1 atom stereocenters. The number of halogens is 2. The van der Waals surface area contributed by atoms with Crippen LogP contribution in [0.25, 0.3) is 0 Å². The first-order valence-corrected chi connectivity index (χ1v) is 7.28. The molecule has 2 aromatic rings. The Labute approximate surface area is 123 Å². The summed E-state index contributed by atoms with van der Waals surface area (Å²) in [5.41, 5.74) is 1.92. The van der Waals surface area contributed by atoms with Crippen molar-refractivity contribution in [2.75, 3.05) is 0 Å². The van der Waals surface area contributed by atoms with Gasteiger partial charge >= 0.3 is 0 Å². The second-order valence-corrected chi connectivity index (χ2v) is 5.83. The molecule has 1 aromatic carbocycles. The van der Waals surface area contributed by atoms with Crippen molar-refractivity contribution < 1.29 is 5.11 Å². The van der Waals surface area contributed by atoms with Crippen LogP contribution in [0.15, 0.2) is 51.5 Å². The quantitative estimate of drug-likeness (QED) is 0.871. The van der Waals surface area contributed by atoms with E-state index in [4.69, 9.17) is 0 Å². The second-order valence-electron chi connectivity index (χ2n) is 4.06. The molecular formula is C14H13Br2NO. The summed E-state index contributed by atoms with van der Waals surface area (Å²) in [4.78, 5) is 4.25. The zero-order valence-electron chi connectivity index (χ0n) is 9.68. The van der Waals surface area contributed by atoms with Crippen molar-refractivity contribution in [2.45, 2.75) is 18.9 Å². The number of hydrogen-bond acceptors (Lipinski definition) is 2. The SMILES string of the molecule is OC(CCc1ccccc1)c1ncc(Br)cc1Br. The Morgan fingerprint density at radius 1 is 1.17 bits per heavy atom. The molecule has 0 amide bonds. The molecule has 0 saturated carbocycles. The van der Waals surface area contributed by atoms with Gasteiger partial charge in [-0.15, -0.1) is 0 Å². The van der Waals surface area contributed by atoms with Crippen LogP contribution in [0, 0.1) is 0 Å². The molecule has 2 rings (SSSR count). The smallest absolute Gasteiger partial charge is 0.0974 e. The lowest BCUT2D eigenvalue weighted by Gasteiger charge is -2.12. The van der Waals surface area contributed by atoms with Gasteiger partial charge in [0.1, 0.15) is 0 Å². The number of benzene rings is 1. The molecule has 2 nitrogen and oxygen atoms in total. The minimum atomic E-state index is -0.548. The van der Waals surface area contributed by atoms with E-state index in [1.807, 2.05) is 24.3 Å². The fourth-order valence-corrected chi connectivity index (χ4v) is 3.01. The van der Waals surface area contributed by atoms with Crippen LogP contribution in [-0.2, 0) is 6.42 Å². The van der Waals surface area contributed by atoms with Gasteiger partial charge in [-0.1, -0.05) is 30.3 Å². The molecule has 1 aromatic heterocycles. The maximum absolute atomic E-state index is 10.1. The molecule has 0 aliphatic rings. The van der Waals surface area contributed by atoms with E-state index in [1.54, 1.807) is 6.20 Å². The van der Waals surface area contributed by atoms with Crippen molar-refractivity contribution in [3.8, 4) is 0 Å². The molecular weight excluding hydrogens is 358 g/mol. The van der Waals surface area contributed by atoms with E-state index in [0.29, 0.717) is 12.1 Å². The van der Waals surface area contributed by atoms with E-state index < -0.39 is 6.10 Å². The highest BCUT2D eigenvalue weighted by Crippen LogP contribution is 2.27. The fraction of sp³-hybridized carbons (Fsp3) is 0.214. The van der Waals surface area contributed by atoms with Crippen molar-refractivity contribution in [1.29, 1.82) is 0 Å². The van der Waals surface area contributed by atoms with Crippen LogP contribution >= 0.6 is 31.9 Å². The Hall–Kier alpha value is -0.710. The van der Waals surface area contributed by atoms with Crippen LogP contribution in [0.1, 0.15) is 23.8 Å². The Morgan fingerprint density at radius 2 is 1.89 bits per heavy atom. The average molecular weight is 371 g/mol. The van der Waals surface area contributed by atoms with E-state index in [2.05, 4.69) is 49.0 Å². The van der Waals surface area contributed by atoms with Gasteiger partial charge in [-0.05, 0) is 56.3 Å². The van der Waals surface area contributed by atoms with E-state index >= 15 is 0 Å². The first kappa shape index (κ1) is 13.7. The summed E-state index contributed by atoms with van der Waals surface area (Å²) in [5, 5.41) is 10.1. The van der Waals surface area contributed by atoms with Crippen molar-refractivity contribution in [2.24, 2.45) is 0 Å². The third kappa shape index (κ3) is 3.64. The average Bonchev–Trinajstić information content (AvgIpc) is 2.37. The monoisotopic (exact) mass is 369 g/mol. The summed E-state index contributed by atoms with van der Waals surface area (Å²) in [6, 6.07) is 12.0. The highest BCUT2D eigenvalue weighted by atomic mass is 79.9. The third-order valence-corrected chi connectivity index (χ3v) is 3.77. The highest BCUT2D eigenvalue weighted by molar-refractivity contribution is 9.11. The van der Waals surface area contributed by atoms with Crippen molar-refractivity contribution >= 4 is 31.9 Å². The predicted octanol–water partition coefficient (Wildman–Crippen LogP) is 4.27. The first-order valence-electron chi connectivity index (χ1n) is 5.70. The first-order chi connectivity index (χ1) is 8.66. The molecule has 0 aliphatic carbocycles. The standard InChI is InChI=1S/C14H13Br2NO/c15-11-8-12(16)14(17-9-11)13(18)7-6-10-4-2-1-3-5-10/h1-5,8-9,13,18H,6-7H2. The van der Waals surface area contributed by atoms with Crippen LogP contribution in [-0.4, -0.2) is 10.1 Å². The molecule has 94 valence electrons. The normalized spacial score (nSPS) is 12.4. The topological polar surface area (TPSA) is 33.1 Å². The largest absolute Gasteiger partial charge is 0.387 e. The van der Waals surface area contributed by atoms with Gasteiger partial charge < -0.3 is 5.11 Å². The third-order valence-electron chi connectivity index (χ3n) is 2.70. The minimum Gasteiger partial charge on any atom is -0.387 e. The van der Waals surface area contributed by atoms with E-state index in [-0.39, 0.29) is 0 Å². The van der Waals surface area contributed by atoms with Crippen molar-refractivity contribution in [1.82, 2.24) is 4.98 Å². The van der Waals surface area contributed by atoms with Crippen LogP contribution < -0.4 is 0 Å². The number of aliphatic hydroxyl groups excluding tert-OH is 1. The molecule has 18 heavy (non-hydrogen) atoms. The van der Waals surface area contributed by atoms with Crippen LogP contribution in [0.3, 0.4) is 0 Å². The van der Waals surface area contributed by atoms with Crippen molar-refractivity contribution in [3.05, 3.63) is 62.8 Å². The molecule has 0 saturated heterocycles. The Balaban J connectivity index is 2.01. The zero-order valence-corrected chi connectivity index (χ0v) is 12.9. The number of aromatic nitrogens is 1. The van der Waals surface area contributed by atoms with Crippen LogP contribution in [0.2, 0.25) is 0 Å². The molecule has 0 spiro atoms. The number of aliphatic hydroxyl groups is 1. The lowest BCUT2D eigenvalue weighted by Crippen LogP contribution is -2.03. The number of rotatable bonds is 4. The summed E-state index contributed by atoms with van der Waals surface area (Å²) in [7, 11) is 0. The number of hydrogen-bond donors (Lipinski definition) is 1. The maximum atomic E-state index is 10.1. The van der Waals surface area contributed by atoms with Gasteiger partial charge in [-0.2, -0.15) is 0 Å². The van der Waals surface area contributed by atoms with E-state index in [1.165, 1.54) is 5.56 Å². The van der Waals surface area contributed by atoms with Crippen molar-refractivity contribution in [3.63, 3.8) is 0 Å². The minimum absolute atomic E-state index is 0.548. The van der Waals surface area contributed by atoms with Gasteiger partial charge in [-0.3, -0.25) is 4.98 Å². The second kappa shape index (κ2) is 6.45. The molecule has 4 heteroatoms. The van der Waals surface area contributed by atoms with Crippen LogP contribution in [0.5, 0.6) is 0 Å². The molecule has 1 N–H and O–H groups in total. The summed E-state index contributed by atoms with van der Waals surface area (Å²) >= 11 is 6.77. The zero-order chi connectivity index (χ0) is 13.0. The van der Waals surface area contributed by atoms with Gasteiger partial charge in [0, 0.05) is 15.1 Å². The fourth-order valence-electron chi connectivity index (χ4n) is 1.76. The van der Waals surface area contributed by atoms with Crippen LogP contribution in [0.4, 0.5) is 0 Å². The van der Waals surface area contributed by atoms with Gasteiger partial charge in [-0.25, -0.2) is 0 Å². The number of aryl methyl sites for hydroxylation is 1. The predicted molar refractivity (Wildman–Crippen MR) is 79.4 cm³/mol. The van der Waals surface area contributed by atoms with Gasteiger partial charge in [0.2, 0.25) is 0 Å². The van der Waals surface area contributed by atoms with E-state index in [0.717, 1.165) is 15.4 Å².